The number of hydrogen-bond acceptors (Lipinski definition) is 6. The number of carboxylic acid groups (broad SMARTS) is 1. The van der Waals surface area contributed by atoms with Gasteiger partial charge in [-0.3, -0.25) is 4.79 Å². The van der Waals surface area contributed by atoms with E-state index in [-0.39, 0.29) is 25.0 Å². The predicted molar refractivity (Wildman–Crippen MR) is 147 cm³/mol. The molecular formula is C32H30N2O6. The van der Waals surface area contributed by atoms with Crippen LogP contribution in [0.2, 0.25) is 0 Å². The van der Waals surface area contributed by atoms with E-state index in [0.29, 0.717) is 11.5 Å². The van der Waals surface area contributed by atoms with Crippen LogP contribution >= 0.6 is 0 Å². The molecule has 0 spiro atoms. The lowest BCUT2D eigenvalue weighted by atomic mass is 9.87. The Hall–Kier alpha value is -4.59. The molecule has 8 nitrogen and oxygen atoms in total. The van der Waals surface area contributed by atoms with Crippen LogP contribution in [0.5, 0.6) is 5.75 Å². The van der Waals surface area contributed by atoms with E-state index in [1.807, 2.05) is 25.1 Å². The van der Waals surface area contributed by atoms with Crippen molar-refractivity contribution in [3.63, 3.8) is 0 Å². The Balaban J connectivity index is 1.16. The summed E-state index contributed by atoms with van der Waals surface area (Å²) in [7, 11) is 0. The third-order valence-electron chi connectivity index (χ3n) is 7.87. The number of aromatic nitrogens is 1. The highest BCUT2D eigenvalue weighted by Crippen LogP contribution is 2.39. The molecule has 1 aliphatic heterocycles. The van der Waals surface area contributed by atoms with Crippen LogP contribution in [-0.4, -0.2) is 32.9 Å². The summed E-state index contributed by atoms with van der Waals surface area (Å²) in [4.78, 5) is 31.1. The van der Waals surface area contributed by atoms with Crippen LogP contribution < -0.4 is 4.74 Å². The van der Waals surface area contributed by atoms with Gasteiger partial charge in [0.25, 0.3) is 0 Å². The molecule has 6 rings (SSSR count). The van der Waals surface area contributed by atoms with Crippen LogP contribution in [-0.2, 0) is 47.4 Å². The Labute approximate surface area is 231 Å². The molecule has 0 fully saturated rings. The van der Waals surface area contributed by atoms with Gasteiger partial charge in [0.2, 0.25) is 11.8 Å². The average Bonchev–Trinajstić information content (AvgIpc) is 3.68. The number of oxazole rings is 1. The number of nitrogens with zero attached hydrogens (tertiary/aromatic N) is 2. The van der Waals surface area contributed by atoms with E-state index in [4.69, 9.17) is 18.6 Å². The summed E-state index contributed by atoms with van der Waals surface area (Å²) < 4.78 is 17.5. The molecule has 3 heterocycles. The van der Waals surface area contributed by atoms with Crippen molar-refractivity contribution in [1.82, 2.24) is 9.88 Å². The number of carboxylic acids is 1. The number of carbonyl (C=O) groups excluding carboxylic acids is 1. The van der Waals surface area contributed by atoms with Gasteiger partial charge in [-0.15, -0.1) is 0 Å². The number of benzene rings is 2. The fourth-order valence-corrected chi connectivity index (χ4v) is 5.67. The molecule has 0 saturated carbocycles. The monoisotopic (exact) mass is 538 g/mol. The van der Waals surface area contributed by atoms with Crippen LogP contribution in [0.1, 0.15) is 52.3 Å². The summed E-state index contributed by atoms with van der Waals surface area (Å²) in [5.74, 6) is 1.16. The maximum atomic E-state index is 12.9. The van der Waals surface area contributed by atoms with Crippen molar-refractivity contribution in [3.05, 3.63) is 112 Å². The topological polar surface area (TPSA) is 106 Å². The molecule has 1 atom stereocenters. The summed E-state index contributed by atoms with van der Waals surface area (Å²) in [6, 6.07) is 16.5. The van der Waals surface area contributed by atoms with Gasteiger partial charge in [-0.25, -0.2) is 9.78 Å². The van der Waals surface area contributed by atoms with Crippen LogP contribution in [0.15, 0.2) is 75.8 Å². The van der Waals surface area contributed by atoms with Gasteiger partial charge >= 0.3 is 5.97 Å². The van der Waals surface area contributed by atoms with Gasteiger partial charge in [0.05, 0.1) is 11.7 Å². The van der Waals surface area contributed by atoms with E-state index in [1.54, 1.807) is 12.1 Å². The van der Waals surface area contributed by atoms with E-state index in [1.165, 1.54) is 34.4 Å². The van der Waals surface area contributed by atoms with Crippen molar-refractivity contribution in [1.29, 1.82) is 0 Å². The number of rotatable bonds is 7. The number of fused-ring (bicyclic) bond motifs is 2. The summed E-state index contributed by atoms with van der Waals surface area (Å²) in [5.41, 5.74) is 4.95. The molecule has 2 aliphatic rings. The van der Waals surface area contributed by atoms with Crippen molar-refractivity contribution in [3.8, 4) is 5.75 Å². The molecule has 204 valence electrons. The molecule has 0 unspecified atom stereocenters. The van der Waals surface area contributed by atoms with Gasteiger partial charge in [-0.05, 0) is 72.4 Å². The van der Waals surface area contributed by atoms with Crippen LogP contribution in [0.3, 0.4) is 0 Å². The highest BCUT2D eigenvalue weighted by molar-refractivity contribution is 5.94. The third-order valence-corrected chi connectivity index (χ3v) is 7.87. The number of hydrogen-bond donors (Lipinski definition) is 1. The summed E-state index contributed by atoms with van der Waals surface area (Å²) in [6.45, 7) is 4.49. The van der Waals surface area contributed by atoms with Crippen molar-refractivity contribution >= 4 is 18.0 Å². The molecule has 8 heteroatoms. The summed E-state index contributed by atoms with van der Waals surface area (Å²) in [5, 5.41) is 9.80. The van der Waals surface area contributed by atoms with E-state index >= 15 is 0 Å². The fourth-order valence-electron chi connectivity index (χ4n) is 5.67. The zero-order valence-corrected chi connectivity index (χ0v) is 22.4. The molecule has 40 heavy (non-hydrogen) atoms. The number of aliphatic carboxylic acids is 1. The minimum absolute atomic E-state index is 0.164. The first-order valence-corrected chi connectivity index (χ1v) is 13.3. The van der Waals surface area contributed by atoms with Crippen molar-refractivity contribution < 1.29 is 28.3 Å². The quantitative estimate of drug-likeness (QED) is 0.320. The standard InChI is InChI=1S/C32H30N2O6/c1-20-27(33-31(40-20)32(2)16-22-6-3-4-7-23(22)17-32)19-39-26-10-9-21-15-28(30(36)37)34(18-24(21)14-26)29(35)12-11-25-8-5-13-38-25/h3-14,28H,15-19H2,1-2H3,(H,36,37)/b12-11-/t28-/m0/s1. The summed E-state index contributed by atoms with van der Waals surface area (Å²) in [6.07, 6.45) is 6.38. The Morgan fingerprint density at radius 2 is 1.88 bits per heavy atom. The van der Waals surface area contributed by atoms with Crippen molar-refractivity contribution in [2.75, 3.05) is 0 Å². The molecular weight excluding hydrogens is 508 g/mol. The summed E-state index contributed by atoms with van der Waals surface area (Å²) >= 11 is 0. The SMILES string of the molecule is Cc1oc(C2(C)Cc3ccccc3C2)nc1COc1ccc2c(c1)CN(C(=O)/C=C\c1ccco1)[C@H](C(=O)O)C2. The highest BCUT2D eigenvalue weighted by Gasteiger charge is 2.39. The van der Waals surface area contributed by atoms with E-state index in [0.717, 1.165) is 41.3 Å². The van der Waals surface area contributed by atoms with Crippen LogP contribution in [0, 0.1) is 6.92 Å². The van der Waals surface area contributed by atoms with Gasteiger partial charge in [-0.2, -0.15) is 0 Å². The first kappa shape index (κ1) is 25.7. The van der Waals surface area contributed by atoms with Crippen molar-refractivity contribution in [2.45, 2.75) is 57.7 Å². The van der Waals surface area contributed by atoms with Gasteiger partial charge in [0, 0.05) is 19.0 Å². The fraction of sp³-hybridized carbons (Fsp3) is 0.281. The first-order chi connectivity index (χ1) is 19.3. The average molecular weight is 539 g/mol. The van der Waals surface area contributed by atoms with Gasteiger partial charge in [0.1, 0.15) is 35.6 Å². The zero-order chi connectivity index (χ0) is 27.9. The molecule has 2 aromatic heterocycles. The lowest BCUT2D eigenvalue weighted by molar-refractivity contribution is -0.149. The number of amides is 1. The third kappa shape index (κ3) is 4.93. The molecule has 0 radical (unpaired) electrons. The van der Waals surface area contributed by atoms with E-state index in [9.17, 15) is 14.7 Å². The van der Waals surface area contributed by atoms with E-state index < -0.39 is 17.9 Å². The first-order valence-electron chi connectivity index (χ1n) is 13.3. The molecule has 1 N–H and O–H groups in total. The van der Waals surface area contributed by atoms with Crippen LogP contribution in [0.25, 0.3) is 6.08 Å². The van der Waals surface area contributed by atoms with Gasteiger partial charge in [-0.1, -0.05) is 37.3 Å². The molecule has 2 aromatic carbocycles. The molecule has 0 saturated heterocycles. The number of carbonyl (C=O) groups is 2. The number of furan rings is 1. The predicted octanol–water partition coefficient (Wildman–Crippen LogP) is 5.26. The smallest absolute Gasteiger partial charge is 0.326 e. The molecule has 4 aromatic rings. The second-order valence-electron chi connectivity index (χ2n) is 10.8. The number of ether oxygens (including phenoxy) is 1. The second-order valence-corrected chi connectivity index (χ2v) is 10.8. The minimum Gasteiger partial charge on any atom is -0.487 e. The Morgan fingerprint density at radius 1 is 1.10 bits per heavy atom. The number of aryl methyl sites for hydroxylation is 1. The van der Waals surface area contributed by atoms with Crippen molar-refractivity contribution in [2.24, 2.45) is 0 Å². The molecule has 1 amide bonds. The van der Waals surface area contributed by atoms with Crippen LogP contribution in [0.4, 0.5) is 0 Å². The maximum Gasteiger partial charge on any atom is 0.326 e. The lowest BCUT2D eigenvalue weighted by Crippen LogP contribution is -2.48. The van der Waals surface area contributed by atoms with Gasteiger partial charge < -0.3 is 23.6 Å². The second kappa shape index (κ2) is 10.2. The largest absolute Gasteiger partial charge is 0.487 e. The minimum atomic E-state index is -1.04. The normalized spacial score (nSPS) is 17.6. The zero-order valence-electron chi connectivity index (χ0n) is 22.4. The van der Waals surface area contributed by atoms with E-state index in [2.05, 4.69) is 31.2 Å². The maximum absolute atomic E-state index is 12.9. The Bertz CT molecular complexity index is 1570. The Morgan fingerprint density at radius 3 is 2.58 bits per heavy atom. The Kier molecular flexibility index (Phi) is 6.54. The lowest BCUT2D eigenvalue weighted by Gasteiger charge is -2.34. The molecule has 0 bridgehead atoms. The van der Waals surface area contributed by atoms with Gasteiger partial charge in [0.15, 0.2) is 0 Å². The highest BCUT2D eigenvalue weighted by atomic mass is 16.5. The molecule has 1 aliphatic carbocycles.